The molecule has 220 valence electrons. The fraction of sp³-hybridized carbons (Fsp3) is 0.690. The van der Waals surface area contributed by atoms with Crippen LogP contribution in [0.15, 0.2) is 22.2 Å². The van der Waals surface area contributed by atoms with Gasteiger partial charge in [-0.15, -0.1) is 18.3 Å². The van der Waals surface area contributed by atoms with Crippen molar-refractivity contribution in [3.8, 4) is 0 Å². The van der Waals surface area contributed by atoms with Crippen molar-refractivity contribution in [2.45, 2.75) is 78.0 Å². The van der Waals surface area contributed by atoms with E-state index >= 15 is 0 Å². The number of ketones is 1. The number of thioether (sulfide) groups is 1. The fourth-order valence-corrected chi connectivity index (χ4v) is 8.67. The molecule has 0 saturated heterocycles. The minimum atomic E-state index is -1.27. The van der Waals surface area contributed by atoms with Crippen molar-refractivity contribution in [3.05, 3.63) is 33.1 Å². The van der Waals surface area contributed by atoms with E-state index in [1.54, 1.807) is 6.08 Å². The minimum absolute atomic E-state index is 0.0914. The Morgan fingerprint density at radius 2 is 1.90 bits per heavy atom. The van der Waals surface area contributed by atoms with E-state index < -0.39 is 51.9 Å². The van der Waals surface area contributed by atoms with Crippen LogP contribution in [0.5, 0.6) is 0 Å². The van der Waals surface area contributed by atoms with Crippen LogP contribution in [0.4, 0.5) is 11.4 Å². The topological polar surface area (TPSA) is 173 Å². The molecule has 1 aromatic carbocycles. The van der Waals surface area contributed by atoms with Gasteiger partial charge < -0.3 is 26.0 Å². The first-order valence-electron chi connectivity index (χ1n) is 13.8. The predicted octanol–water partition coefficient (Wildman–Crippen LogP) is 2.37. The van der Waals surface area contributed by atoms with Crippen molar-refractivity contribution in [1.29, 1.82) is 0 Å². The third-order valence-electron chi connectivity index (χ3n) is 10.6. The molecule has 0 amide bonds. The molecule has 1 aromatic rings. The molecule has 5 N–H and O–H groups in total. The Hall–Kier alpha value is -2.66. The third-order valence-corrected chi connectivity index (χ3v) is 11.7. The fourth-order valence-electron chi connectivity index (χ4n) is 7.86. The summed E-state index contributed by atoms with van der Waals surface area (Å²) >= 11 is 1.01. The summed E-state index contributed by atoms with van der Waals surface area (Å²) in [5, 5.41) is 23.6. The van der Waals surface area contributed by atoms with Gasteiger partial charge >= 0.3 is 11.9 Å². The Labute approximate surface area is 237 Å². The number of nitrogens with one attached hydrogen (secondary N) is 1. The molecule has 3 aliphatic carbocycles. The number of nitrogens with two attached hydrogens (primary N) is 1. The van der Waals surface area contributed by atoms with Gasteiger partial charge in [-0.1, -0.05) is 33.8 Å². The molecule has 4 rings (SSSR count). The van der Waals surface area contributed by atoms with Gasteiger partial charge in [-0.2, -0.15) is 0 Å². The number of rotatable bonds is 9. The highest BCUT2D eigenvalue weighted by molar-refractivity contribution is 8.00. The van der Waals surface area contributed by atoms with Crippen molar-refractivity contribution in [1.82, 2.24) is 0 Å². The highest BCUT2D eigenvalue weighted by Crippen LogP contribution is 2.68. The molecule has 0 aromatic heterocycles. The van der Waals surface area contributed by atoms with Crippen LogP contribution in [-0.2, 0) is 19.1 Å². The standard InChI is InChI=1S/C29H40N2O8S/c1-6-27(4)11-18(28(5)14(2)7-9-29(15(3)25(27)36)10-8-17(32)24(28)29)39-19(33)13-40-12-16(26(37)38)31-21-20(30)22(34)23(21)35/h6,14-16,18,24-25,31,36H,1,7-13,30H2,2-5H3,(H,37,38)/t14-,15+,16?,18-,24+,25+,27-,28+,29+/m1/s1. The lowest BCUT2D eigenvalue weighted by atomic mass is 9.44. The zero-order chi connectivity index (χ0) is 29.8. The lowest BCUT2D eigenvalue weighted by molar-refractivity contribution is -0.205. The van der Waals surface area contributed by atoms with Crippen molar-refractivity contribution < 1.29 is 29.3 Å². The average molecular weight is 577 g/mol. The van der Waals surface area contributed by atoms with Crippen molar-refractivity contribution >= 4 is 40.9 Å². The van der Waals surface area contributed by atoms with Crippen LogP contribution in [0.25, 0.3) is 0 Å². The summed E-state index contributed by atoms with van der Waals surface area (Å²) < 4.78 is 6.16. The van der Waals surface area contributed by atoms with Gasteiger partial charge in [-0.3, -0.25) is 19.2 Å². The van der Waals surface area contributed by atoms with Gasteiger partial charge in [-0.05, 0) is 42.9 Å². The zero-order valence-electron chi connectivity index (χ0n) is 23.5. The molecule has 2 bridgehead atoms. The van der Waals surface area contributed by atoms with Gasteiger partial charge in [0, 0.05) is 28.9 Å². The number of carboxylic acid groups (broad SMARTS) is 1. The number of aliphatic carboxylic acids is 1. The maximum atomic E-state index is 13.5. The number of aliphatic hydroxyl groups is 1. The van der Waals surface area contributed by atoms with Crippen LogP contribution in [0.1, 0.15) is 59.8 Å². The molecule has 0 heterocycles. The van der Waals surface area contributed by atoms with Crippen LogP contribution < -0.4 is 21.9 Å². The molecule has 0 aliphatic heterocycles. The van der Waals surface area contributed by atoms with E-state index in [2.05, 4.69) is 25.7 Å². The number of aliphatic hydroxyl groups excluding tert-OH is 1. The second-order valence-corrected chi connectivity index (χ2v) is 13.6. The van der Waals surface area contributed by atoms with Crippen LogP contribution >= 0.6 is 11.8 Å². The molecule has 3 saturated carbocycles. The van der Waals surface area contributed by atoms with Crippen molar-refractivity contribution in [2.75, 3.05) is 22.6 Å². The van der Waals surface area contributed by atoms with E-state index in [9.17, 15) is 34.2 Å². The van der Waals surface area contributed by atoms with E-state index in [1.807, 2.05) is 13.8 Å². The number of ether oxygens (including phenoxy) is 1. The van der Waals surface area contributed by atoms with Crippen LogP contribution in [0.2, 0.25) is 0 Å². The van der Waals surface area contributed by atoms with Crippen LogP contribution in [0.3, 0.4) is 0 Å². The summed E-state index contributed by atoms with van der Waals surface area (Å²) in [7, 11) is 0. The van der Waals surface area contributed by atoms with E-state index in [0.717, 1.165) is 24.6 Å². The first-order chi connectivity index (χ1) is 18.6. The summed E-state index contributed by atoms with van der Waals surface area (Å²) in [5.41, 5.74) is 1.47. The SMILES string of the molecule is C=C[C@]1(C)C[C@@H](OC(=O)CSCC(Nc2c(N)c(=O)c2=O)C(=O)O)[C@]2(C)[C@H](C)CC[C@]3(CCC(=O)[C@H]32)[C@@H](C)[C@@H]1O. The number of nitrogen functional groups attached to an aromatic ring is 1. The Bertz CT molecular complexity index is 1290. The van der Waals surface area contributed by atoms with Gasteiger partial charge in [0.2, 0.25) is 0 Å². The van der Waals surface area contributed by atoms with Gasteiger partial charge in [-0.25, -0.2) is 4.79 Å². The smallest absolute Gasteiger partial charge is 0.326 e. The molecule has 10 nitrogen and oxygen atoms in total. The second-order valence-electron chi connectivity index (χ2n) is 12.6. The largest absolute Gasteiger partial charge is 0.480 e. The Kier molecular flexibility index (Phi) is 8.05. The van der Waals surface area contributed by atoms with E-state index in [4.69, 9.17) is 10.5 Å². The number of anilines is 2. The highest BCUT2D eigenvalue weighted by Gasteiger charge is 2.68. The molecule has 9 atom stereocenters. The van der Waals surface area contributed by atoms with Crippen molar-refractivity contribution in [2.24, 2.45) is 34.0 Å². The molecular formula is C29H40N2O8S. The number of carbonyl (C=O) groups is 3. The summed E-state index contributed by atoms with van der Waals surface area (Å²) in [6, 6.07) is -1.25. The molecule has 11 heteroatoms. The van der Waals surface area contributed by atoms with E-state index in [0.29, 0.717) is 19.3 Å². The molecule has 0 spiro atoms. The summed E-state index contributed by atoms with van der Waals surface area (Å²) in [4.78, 5) is 61.4. The second kappa shape index (κ2) is 10.6. The van der Waals surface area contributed by atoms with Gasteiger partial charge in [0.15, 0.2) is 0 Å². The van der Waals surface area contributed by atoms with Gasteiger partial charge in [0.25, 0.3) is 10.9 Å². The molecular weight excluding hydrogens is 536 g/mol. The summed E-state index contributed by atoms with van der Waals surface area (Å²) in [6.07, 6.45) is 3.46. The number of carboxylic acids is 1. The number of Topliss-reactive ketones (excluding diaryl/α,β-unsaturated/α-hetero) is 1. The monoisotopic (exact) mass is 576 g/mol. The summed E-state index contributed by atoms with van der Waals surface area (Å²) in [6.45, 7) is 12.1. The molecule has 1 unspecified atom stereocenters. The van der Waals surface area contributed by atoms with E-state index in [1.165, 1.54) is 0 Å². The minimum Gasteiger partial charge on any atom is -0.480 e. The molecule has 3 fully saturated rings. The number of hydrogen-bond donors (Lipinski definition) is 4. The maximum Gasteiger partial charge on any atom is 0.326 e. The number of carbonyl (C=O) groups excluding carboxylic acids is 2. The van der Waals surface area contributed by atoms with Gasteiger partial charge in [0.05, 0.1) is 11.9 Å². The predicted molar refractivity (Wildman–Crippen MR) is 153 cm³/mol. The zero-order valence-corrected chi connectivity index (χ0v) is 24.3. The maximum absolute atomic E-state index is 13.5. The lowest BCUT2D eigenvalue weighted by Crippen LogP contribution is -2.63. The first kappa shape index (κ1) is 30.3. The Morgan fingerprint density at radius 1 is 1.23 bits per heavy atom. The highest BCUT2D eigenvalue weighted by atomic mass is 32.2. The Balaban J connectivity index is 1.54. The van der Waals surface area contributed by atoms with Gasteiger partial charge in [0.1, 0.15) is 29.3 Å². The third kappa shape index (κ3) is 4.58. The quantitative estimate of drug-likeness (QED) is 0.193. The number of hydrogen-bond acceptors (Lipinski definition) is 10. The Morgan fingerprint density at radius 3 is 2.50 bits per heavy atom. The number of esters is 1. The molecule has 3 aliphatic rings. The molecule has 0 radical (unpaired) electrons. The normalized spacial score (nSPS) is 38.1. The van der Waals surface area contributed by atoms with E-state index in [-0.39, 0.29) is 51.8 Å². The summed E-state index contributed by atoms with van der Waals surface area (Å²) in [5.74, 6) is -2.29. The average Bonchev–Trinajstić information content (AvgIpc) is 3.28. The first-order valence-corrected chi connectivity index (χ1v) is 15.0. The lowest BCUT2D eigenvalue weighted by Gasteiger charge is -2.61. The van der Waals surface area contributed by atoms with Crippen LogP contribution in [0, 0.1) is 34.0 Å². The van der Waals surface area contributed by atoms with Crippen LogP contribution in [-0.4, -0.2) is 57.7 Å². The molecule has 40 heavy (non-hydrogen) atoms. The van der Waals surface area contributed by atoms with Crippen molar-refractivity contribution in [3.63, 3.8) is 0 Å².